The lowest BCUT2D eigenvalue weighted by atomic mass is 10.2. The fourth-order valence-corrected chi connectivity index (χ4v) is 2.07. The van der Waals surface area contributed by atoms with Crippen LogP contribution in [0.15, 0.2) is 40.9 Å². The first-order valence-electron chi connectivity index (χ1n) is 5.50. The molecule has 1 N–H and O–H groups in total. The molecule has 0 bridgehead atoms. The molecule has 1 amide bonds. The number of anilines is 1. The Labute approximate surface area is 117 Å². The summed E-state index contributed by atoms with van der Waals surface area (Å²) < 4.78 is 26.6. The van der Waals surface area contributed by atoms with Crippen LogP contribution in [0.2, 0.25) is 0 Å². The number of hydrogen-bond donors (Lipinski definition) is 1. The molecule has 2 nitrogen and oxygen atoms in total. The van der Waals surface area contributed by atoms with E-state index in [0.717, 1.165) is 0 Å². The minimum absolute atomic E-state index is 0.280. The van der Waals surface area contributed by atoms with Gasteiger partial charge in [0.2, 0.25) is 0 Å². The summed E-state index contributed by atoms with van der Waals surface area (Å²) in [5.41, 5.74) is 1.13. The molecule has 0 aliphatic rings. The van der Waals surface area contributed by atoms with Crippen LogP contribution in [0.25, 0.3) is 0 Å². The molecule has 2 rings (SSSR count). The molecule has 2 aromatic carbocycles. The van der Waals surface area contributed by atoms with Crippen LogP contribution in [0.4, 0.5) is 14.5 Å². The quantitative estimate of drug-likeness (QED) is 0.876. The molecule has 2 aromatic rings. The van der Waals surface area contributed by atoms with E-state index in [-0.39, 0.29) is 5.56 Å². The second-order valence-electron chi connectivity index (χ2n) is 4.04. The van der Waals surface area contributed by atoms with Gasteiger partial charge in [0.1, 0.15) is 11.6 Å². The predicted octanol–water partition coefficient (Wildman–Crippen LogP) is 4.29. The van der Waals surface area contributed by atoms with Gasteiger partial charge in [0.05, 0.1) is 5.56 Å². The van der Waals surface area contributed by atoms with E-state index in [1.54, 1.807) is 19.1 Å². The highest BCUT2D eigenvalue weighted by atomic mass is 79.9. The third-order valence-electron chi connectivity index (χ3n) is 2.61. The SMILES string of the molecule is Cc1ccc(NC(=O)c2ccc(F)cc2Br)cc1F. The highest BCUT2D eigenvalue weighted by Gasteiger charge is 2.11. The van der Waals surface area contributed by atoms with Crippen molar-refractivity contribution in [2.75, 3.05) is 5.32 Å². The number of hydrogen-bond acceptors (Lipinski definition) is 1. The molecule has 19 heavy (non-hydrogen) atoms. The van der Waals surface area contributed by atoms with Crippen molar-refractivity contribution in [1.82, 2.24) is 0 Å². The molecule has 0 spiro atoms. The maximum Gasteiger partial charge on any atom is 0.256 e. The van der Waals surface area contributed by atoms with Crippen LogP contribution in [-0.2, 0) is 0 Å². The maximum atomic E-state index is 13.4. The monoisotopic (exact) mass is 325 g/mol. The van der Waals surface area contributed by atoms with Gasteiger partial charge in [-0.1, -0.05) is 6.07 Å². The Morgan fingerprint density at radius 3 is 2.53 bits per heavy atom. The molecule has 0 aliphatic carbocycles. The number of carbonyl (C=O) groups is 1. The van der Waals surface area contributed by atoms with Crippen LogP contribution in [0, 0.1) is 18.6 Å². The van der Waals surface area contributed by atoms with E-state index in [1.165, 1.54) is 24.3 Å². The van der Waals surface area contributed by atoms with Crippen molar-refractivity contribution < 1.29 is 13.6 Å². The molecular weight excluding hydrogens is 316 g/mol. The lowest BCUT2D eigenvalue weighted by Crippen LogP contribution is -2.12. The van der Waals surface area contributed by atoms with Crippen LogP contribution < -0.4 is 5.32 Å². The number of nitrogens with one attached hydrogen (secondary N) is 1. The molecule has 0 fully saturated rings. The lowest BCUT2D eigenvalue weighted by Gasteiger charge is -2.08. The first-order chi connectivity index (χ1) is 8.97. The summed E-state index contributed by atoms with van der Waals surface area (Å²) in [6.07, 6.45) is 0. The second kappa shape index (κ2) is 5.48. The van der Waals surface area contributed by atoms with Crippen LogP contribution in [0.3, 0.4) is 0 Å². The second-order valence-corrected chi connectivity index (χ2v) is 4.90. The molecule has 0 aromatic heterocycles. The molecule has 5 heteroatoms. The van der Waals surface area contributed by atoms with E-state index in [1.807, 2.05) is 0 Å². The highest BCUT2D eigenvalue weighted by Crippen LogP contribution is 2.20. The van der Waals surface area contributed by atoms with Gasteiger partial charge < -0.3 is 5.32 Å². The van der Waals surface area contributed by atoms with Gasteiger partial charge in [-0.2, -0.15) is 0 Å². The molecule has 0 saturated carbocycles. The smallest absolute Gasteiger partial charge is 0.256 e. The molecule has 0 radical (unpaired) electrons. The summed E-state index contributed by atoms with van der Waals surface area (Å²) >= 11 is 3.11. The van der Waals surface area contributed by atoms with Crippen LogP contribution in [0.5, 0.6) is 0 Å². The molecule has 98 valence electrons. The minimum atomic E-state index is -0.440. The molecule has 0 atom stereocenters. The van der Waals surface area contributed by atoms with Crippen molar-refractivity contribution >= 4 is 27.5 Å². The average molecular weight is 326 g/mol. The molecule has 0 saturated heterocycles. The zero-order chi connectivity index (χ0) is 14.0. The Bertz CT molecular complexity index is 643. The van der Waals surface area contributed by atoms with Gasteiger partial charge in [-0.05, 0) is 58.7 Å². The summed E-state index contributed by atoms with van der Waals surface area (Å²) in [5, 5.41) is 2.56. The van der Waals surface area contributed by atoms with E-state index in [2.05, 4.69) is 21.2 Å². The van der Waals surface area contributed by atoms with Crippen molar-refractivity contribution in [3.05, 3.63) is 63.6 Å². The maximum absolute atomic E-state index is 13.4. The highest BCUT2D eigenvalue weighted by molar-refractivity contribution is 9.10. The number of halogens is 3. The summed E-state index contributed by atoms with van der Waals surface area (Å²) in [4.78, 5) is 12.0. The van der Waals surface area contributed by atoms with Gasteiger partial charge >= 0.3 is 0 Å². The summed E-state index contributed by atoms with van der Waals surface area (Å²) in [6.45, 7) is 1.64. The van der Waals surface area contributed by atoms with E-state index in [4.69, 9.17) is 0 Å². The summed E-state index contributed by atoms with van der Waals surface area (Å²) in [5.74, 6) is -1.27. The van der Waals surface area contributed by atoms with Crippen molar-refractivity contribution in [2.45, 2.75) is 6.92 Å². The van der Waals surface area contributed by atoms with Crippen molar-refractivity contribution in [1.29, 1.82) is 0 Å². The Morgan fingerprint density at radius 2 is 1.89 bits per heavy atom. The number of amides is 1. The zero-order valence-corrected chi connectivity index (χ0v) is 11.6. The van der Waals surface area contributed by atoms with E-state index in [0.29, 0.717) is 15.7 Å². The largest absolute Gasteiger partial charge is 0.322 e. The third kappa shape index (κ3) is 3.17. The Morgan fingerprint density at radius 1 is 1.16 bits per heavy atom. The normalized spacial score (nSPS) is 10.3. The topological polar surface area (TPSA) is 29.1 Å². The minimum Gasteiger partial charge on any atom is -0.322 e. The van der Waals surface area contributed by atoms with Crippen LogP contribution >= 0.6 is 15.9 Å². The average Bonchev–Trinajstić information content (AvgIpc) is 2.33. The van der Waals surface area contributed by atoms with Crippen molar-refractivity contribution in [2.24, 2.45) is 0 Å². The van der Waals surface area contributed by atoms with Gasteiger partial charge in [-0.15, -0.1) is 0 Å². The molecule has 0 aliphatic heterocycles. The van der Waals surface area contributed by atoms with E-state index in [9.17, 15) is 13.6 Å². The third-order valence-corrected chi connectivity index (χ3v) is 3.26. The first-order valence-corrected chi connectivity index (χ1v) is 6.29. The number of rotatable bonds is 2. The van der Waals surface area contributed by atoms with Gasteiger partial charge in [-0.3, -0.25) is 4.79 Å². The number of aryl methyl sites for hydroxylation is 1. The lowest BCUT2D eigenvalue weighted by molar-refractivity contribution is 0.102. The number of carbonyl (C=O) groups excluding carboxylic acids is 1. The fourth-order valence-electron chi connectivity index (χ4n) is 1.54. The van der Waals surface area contributed by atoms with Gasteiger partial charge in [0.25, 0.3) is 5.91 Å². The van der Waals surface area contributed by atoms with E-state index >= 15 is 0 Å². The van der Waals surface area contributed by atoms with Crippen LogP contribution in [0.1, 0.15) is 15.9 Å². The van der Waals surface area contributed by atoms with Gasteiger partial charge in [0.15, 0.2) is 0 Å². The standard InChI is InChI=1S/C14H10BrF2NO/c1-8-2-4-10(7-13(8)17)18-14(19)11-5-3-9(16)6-12(11)15/h2-7H,1H3,(H,18,19). The zero-order valence-electron chi connectivity index (χ0n) is 10.0. The van der Waals surface area contributed by atoms with Crippen LogP contribution in [-0.4, -0.2) is 5.91 Å². The fraction of sp³-hybridized carbons (Fsp3) is 0.0714. The first kappa shape index (κ1) is 13.7. The number of benzene rings is 2. The Hall–Kier alpha value is -1.75. The summed E-state index contributed by atoms with van der Waals surface area (Å²) in [7, 11) is 0. The molecular formula is C14H10BrF2NO. The Balaban J connectivity index is 2.23. The predicted molar refractivity (Wildman–Crippen MR) is 73.2 cm³/mol. The molecule has 0 heterocycles. The van der Waals surface area contributed by atoms with E-state index < -0.39 is 17.5 Å². The van der Waals surface area contributed by atoms with Gasteiger partial charge in [-0.25, -0.2) is 8.78 Å². The van der Waals surface area contributed by atoms with Crippen molar-refractivity contribution in [3.63, 3.8) is 0 Å². The summed E-state index contributed by atoms with van der Waals surface area (Å²) in [6, 6.07) is 8.17. The van der Waals surface area contributed by atoms with Crippen molar-refractivity contribution in [3.8, 4) is 0 Å². The molecule has 0 unspecified atom stereocenters. The van der Waals surface area contributed by atoms with Gasteiger partial charge in [0, 0.05) is 10.2 Å². The Kier molecular flexibility index (Phi) is 3.95.